The standard InChI is InChI=1S/C6H10O5/c1-3(7)11-6-5(9)4(8)2-10-6/h4-6,8-9H,2H2,1H3. The maximum atomic E-state index is 10.4. The molecule has 3 atom stereocenters. The van der Waals surface area contributed by atoms with Gasteiger partial charge in [-0.1, -0.05) is 0 Å². The van der Waals surface area contributed by atoms with E-state index < -0.39 is 24.5 Å². The van der Waals surface area contributed by atoms with Crippen molar-refractivity contribution in [3.05, 3.63) is 0 Å². The first kappa shape index (κ1) is 8.45. The first-order valence-electron chi connectivity index (χ1n) is 3.26. The zero-order chi connectivity index (χ0) is 8.43. The monoisotopic (exact) mass is 162 g/mol. The second-order valence-electron chi connectivity index (χ2n) is 2.37. The van der Waals surface area contributed by atoms with Crippen molar-refractivity contribution in [1.82, 2.24) is 0 Å². The zero-order valence-corrected chi connectivity index (χ0v) is 6.06. The fourth-order valence-corrected chi connectivity index (χ4v) is 0.839. The third kappa shape index (κ3) is 1.89. The van der Waals surface area contributed by atoms with Crippen LogP contribution in [0, 0.1) is 0 Å². The summed E-state index contributed by atoms with van der Waals surface area (Å²) in [5, 5.41) is 18.0. The highest BCUT2D eigenvalue weighted by Crippen LogP contribution is 2.14. The molecule has 0 aromatic carbocycles. The minimum absolute atomic E-state index is 0.000880. The molecule has 0 aliphatic carbocycles. The van der Waals surface area contributed by atoms with Gasteiger partial charge in [0, 0.05) is 6.92 Å². The Hall–Kier alpha value is -0.650. The average molecular weight is 162 g/mol. The fraction of sp³-hybridized carbons (Fsp3) is 0.833. The van der Waals surface area contributed by atoms with Crippen LogP contribution in [0.5, 0.6) is 0 Å². The molecule has 0 spiro atoms. The Morgan fingerprint density at radius 3 is 2.64 bits per heavy atom. The molecule has 1 saturated heterocycles. The van der Waals surface area contributed by atoms with Crippen LogP contribution in [0.25, 0.3) is 0 Å². The predicted octanol–water partition coefficient (Wildman–Crippen LogP) is -1.37. The summed E-state index contributed by atoms with van der Waals surface area (Å²) in [6, 6.07) is 0. The molecule has 1 heterocycles. The van der Waals surface area contributed by atoms with Crippen LogP contribution in [0.4, 0.5) is 0 Å². The summed E-state index contributed by atoms with van der Waals surface area (Å²) in [7, 11) is 0. The van der Waals surface area contributed by atoms with E-state index in [2.05, 4.69) is 4.74 Å². The van der Waals surface area contributed by atoms with E-state index in [1.54, 1.807) is 0 Å². The number of ether oxygens (including phenoxy) is 2. The first-order valence-corrected chi connectivity index (χ1v) is 3.26. The molecule has 1 aliphatic heterocycles. The normalized spacial score (nSPS) is 37.2. The molecule has 11 heavy (non-hydrogen) atoms. The predicted molar refractivity (Wildman–Crippen MR) is 33.5 cm³/mol. The quantitative estimate of drug-likeness (QED) is 0.465. The van der Waals surface area contributed by atoms with E-state index in [9.17, 15) is 4.79 Å². The van der Waals surface area contributed by atoms with Gasteiger partial charge in [0.1, 0.15) is 12.2 Å². The van der Waals surface area contributed by atoms with Crippen molar-refractivity contribution in [2.24, 2.45) is 0 Å². The lowest BCUT2D eigenvalue weighted by Gasteiger charge is -2.13. The molecule has 1 rings (SSSR count). The van der Waals surface area contributed by atoms with Crippen LogP contribution in [-0.2, 0) is 14.3 Å². The molecular formula is C6H10O5. The van der Waals surface area contributed by atoms with Gasteiger partial charge < -0.3 is 19.7 Å². The molecule has 0 radical (unpaired) electrons. The summed E-state index contributed by atoms with van der Waals surface area (Å²) in [6.45, 7) is 1.21. The van der Waals surface area contributed by atoms with Gasteiger partial charge in [-0.05, 0) is 0 Å². The van der Waals surface area contributed by atoms with Gasteiger partial charge in [0.25, 0.3) is 0 Å². The Kier molecular flexibility index (Phi) is 2.43. The molecule has 1 aliphatic rings. The molecule has 2 N–H and O–H groups in total. The van der Waals surface area contributed by atoms with Crippen molar-refractivity contribution in [2.75, 3.05) is 6.61 Å². The van der Waals surface area contributed by atoms with Gasteiger partial charge >= 0.3 is 5.97 Å². The lowest BCUT2D eigenvalue weighted by molar-refractivity contribution is -0.180. The lowest BCUT2D eigenvalue weighted by Crippen LogP contribution is -2.32. The van der Waals surface area contributed by atoms with Gasteiger partial charge in [0.15, 0.2) is 0 Å². The number of esters is 1. The van der Waals surface area contributed by atoms with Crippen LogP contribution in [0.3, 0.4) is 0 Å². The highest BCUT2D eigenvalue weighted by Gasteiger charge is 2.36. The Labute approximate surface area is 63.5 Å². The summed E-state index contributed by atoms with van der Waals surface area (Å²) in [5.74, 6) is -0.539. The molecule has 0 amide bonds. The van der Waals surface area contributed by atoms with E-state index in [1.807, 2.05) is 0 Å². The molecule has 0 aromatic heterocycles. The summed E-state index contributed by atoms with van der Waals surface area (Å²) >= 11 is 0. The van der Waals surface area contributed by atoms with E-state index in [1.165, 1.54) is 6.92 Å². The zero-order valence-electron chi connectivity index (χ0n) is 6.06. The number of rotatable bonds is 1. The second kappa shape index (κ2) is 3.17. The number of hydrogen-bond donors (Lipinski definition) is 2. The van der Waals surface area contributed by atoms with Crippen LogP contribution in [0.15, 0.2) is 0 Å². The summed E-state index contributed by atoms with van der Waals surface area (Å²) in [4.78, 5) is 10.4. The van der Waals surface area contributed by atoms with Crippen molar-refractivity contribution in [3.8, 4) is 0 Å². The molecular weight excluding hydrogens is 152 g/mol. The molecule has 0 saturated carbocycles. The number of carbonyl (C=O) groups is 1. The Morgan fingerprint density at radius 2 is 2.27 bits per heavy atom. The van der Waals surface area contributed by atoms with E-state index in [0.29, 0.717) is 0 Å². The van der Waals surface area contributed by atoms with Gasteiger partial charge in [0.2, 0.25) is 6.29 Å². The Balaban J connectivity index is 2.42. The van der Waals surface area contributed by atoms with Crippen LogP contribution < -0.4 is 0 Å². The van der Waals surface area contributed by atoms with E-state index in [0.717, 1.165) is 0 Å². The molecule has 64 valence electrons. The van der Waals surface area contributed by atoms with Gasteiger partial charge in [-0.25, -0.2) is 0 Å². The Bertz CT molecular complexity index is 157. The van der Waals surface area contributed by atoms with Crippen molar-refractivity contribution < 1.29 is 24.5 Å². The van der Waals surface area contributed by atoms with Crippen molar-refractivity contribution in [1.29, 1.82) is 0 Å². The smallest absolute Gasteiger partial charge is 0.305 e. The molecule has 0 aromatic rings. The minimum atomic E-state index is -1.13. The van der Waals surface area contributed by atoms with Crippen LogP contribution in [-0.4, -0.2) is 41.3 Å². The van der Waals surface area contributed by atoms with Crippen molar-refractivity contribution >= 4 is 5.97 Å². The first-order chi connectivity index (χ1) is 5.11. The number of carbonyl (C=O) groups excluding carboxylic acids is 1. The van der Waals surface area contributed by atoms with Crippen LogP contribution in [0.1, 0.15) is 6.92 Å². The molecule has 1 fully saturated rings. The lowest BCUT2D eigenvalue weighted by atomic mass is 10.2. The van der Waals surface area contributed by atoms with Gasteiger partial charge in [-0.3, -0.25) is 4.79 Å². The van der Waals surface area contributed by atoms with Gasteiger partial charge in [0.05, 0.1) is 6.61 Å². The number of aliphatic hydroxyl groups excluding tert-OH is 2. The SMILES string of the molecule is CC(=O)OC1OCC(O)C1O. The number of hydrogen-bond acceptors (Lipinski definition) is 5. The average Bonchev–Trinajstić information content (AvgIpc) is 2.18. The van der Waals surface area contributed by atoms with Crippen molar-refractivity contribution in [3.63, 3.8) is 0 Å². The molecule has 5 nitrogen and oxygen atoms in total. The maximum absolute atomic E-state index is 10.4. The highest BCUT2D eigenvalue weighted by molar-refractivity contribution is 5.66. The van der Waals surface area contributed by atoms with E-state index >= 15 is 0 Å². The van der Waals surface area contributed by atoms with E-state index in [4.69, 9.17) is 14.9 Å². The third-order valence-corrected chi connectivity index (χ3v) is 1.39. The topological polar surface area (TPSA) is 76.0 Å². The fourth-order valence-electron chi connectivity index (χ4n) is 0.839. The summed E-state index contributed by atoms with van der Waals surface area (Å²) in [6.07, 6.45) is -3.10. The van der Waals surface area contributed by atoms with Crippen LogP contribution >= 0.6 is 0 Å². The molecule has 5 heteroatoms. The molecule has 0 bridgehead atoms. The van der Waals surface area contributed by atoms with Gasteiger partial charge in [-0.15, -0.1) is 0 Å². The summed E-state index contributed by atoms with van der Waals surface area (Å²) in [5.41, 5.74) is 0. The second-order valence-corrected chi connectivity index (χ2v) is 2.37. The minimum Gasteiger partial charge on any atom is -0.433 e. The largest absolute Gasteiger partial charge is 0.433 e. The van der Waals surface area contributed by atoms with Crippen molar-refractivity contribution in [2.45, 2.75) is 25.4 Å². The number of aliphatic hydroxyl groups is 2. The summed E-state index contributed by atoms with van der Waals surface area (Å²) < 4.78 is 9.27. The van der Waals surface area contributed by atoms with E-state index in [-0.39, 0.29) is 6.61 Å². The van der Waals surface area contributed by atoms with Crippen LogP contribution in [0.2, 0.25) is 0 Å². The highest BCUT2D eigenvalue weighted by atomic mass is 16.7. The Morgan fingerprint density at radius 1 is 1.64 bits per heavy atom. The maximum Gasteiger partial charge on any atom is 0.305 e. The molecule has 3 unspecified atom stereocenters. The third-order valence-electron chi connectivity index (χ3n) is 1.39. The van der Waals surface area contributed by atoms with Gasteiger partial charge in [-0.2, -0.15) is 0 Å².